The highest BCUT2D eigenvalue weighted by Crippen LogP contribution is 1.98. The van der Waals surface area contributed by atoms with Crippen molar-refractivity contribution in [3.63, 3.8) is 0 Å². The van der Waals surface area contributed by atoms with Crippen LogP contribution in [0.2, 0.25) is 0 Å². The number of esters is 4. The van der Waals surface area contributed by atoms with Crippen LogP contribution in [0.15, 0.2) is 0 Å². The molecule has 1 fully saturated rings. The molecule has 184 valence electrons. The molecule has 1 heterocycles. The molecule has 1 aliphatic rings. The van der Waals surface area contributed by atoms with E-state index in [1.54, 1.807) is 0 Å². The molecule has 1 rings (SSSR count). The Kier molecular flexibility index (Phi) is 16.8. The highest BCUT2D eigenvalue weighted by Gasteiger charge is 2.10. The number of hydrogen-bond donors (Lipinski definition) is 0. The van der Waals surface area contributed by atoms with Crippen LogP contribution in [0.3, 0.4) is 0 Å². The third kappa shape index (κ3) is 17.4. The minimum Gasteiger partial charge on any atom is -0.463 e. The smallest absolute Gasteiger partial charge is 0.306 e. The first-order chi connectivity index (χ1) is 15.6. The fraction of sp³-hybridized carbons (Fsp3) is 0.800. The summed E-state index contributed by atoms with van der Waals surface area (Å²) < 4.78 is 40.7. The van der Waals surface area contributed by atoms with Crippen LogP contribution in [-0.2, 0) is 57.1 Å². The lowest BCUT2D eigenvalue weighted by Crippen LogP contribution is -2.17. The lowest BCUT2D eigenvalue weighted by Gasteiger charge is -2.09. The molecule has 1 saturated heterocycles. The molecule has 32 heavy (non-hydrogen) atoms. The molecule has 1 aliphatic heterocycles. The number of rotatable bonds is 0. The van der Waals surface area contributed by atoms with Crippen LogP contribution in [0.4, 0.5) is 0 Å². The lowest BCUT2D eigenvalue weighted by atomic mass is 10.3. The first kappa shape index (κ1) is 27.8. The van der Waals surface area contributed by atoms with Gasteiger partial charge in [-0.05, 0) is 0 Å². The van der Waals surface area contributed by atoms with E-state index < -0.39 is 23.9 Å². The molecule has 0 aromatic carbocycles. The SMILES string of the molecule is O=C1CCC(=O)OCCOCCOCCOC(=O)CCC(=O)OCCOCCOCCO1. The predicted octanol–water partition coefficient (Wildman–Crippen LogP) is -0.200. The van der Waals surface area contributed by atoms with Crippen molar-refractivity contribution in [2.24, 2.45) is 0 Å². The maximum Gasteiger partial charge on any atom is 0.306 e. The first-order valence-corrected chi connectivity index (χ1v) is 10.5. The summed E-state index contributed by atoms with van der Waals surface area (Å²) >= 11 is 0. The van der Waals surface area contributed by atoms with Gasteiger partial charge in [0.05, 0.1) is 78.5 Å². The van der Waals surface area contributed by atoms with Crippen molar-refractivity contribution in [2.45, 2.75) is 25.7 Å². The zero-order valence-electron chi connectivity index (χ0n) is 18.2. The summed E-state index contributed by atoms with van der Waals surface area (Å²) in [6.07, 6.45) is -0.334. The summed E-state index contributed by atoms with van der Waals surface area (Å²) in [6.45, 7) is 2.08. The summed E-state index contributed by atoms with van der Waals surface area (Å²) in [4.78, 5) is 46.2. The minimum atomic E-state index is -0.518. The fourth-order valence-corrected chi connectivity index (χ4v) is 2.20. The van der Waals surface area contributed by atoms with Crippen molar-refractivity contribution < 1.29 is 57.1 Å². The van der Waals surface area contributed by atoms with Crippen molar-refractivity contribution in [1.82, 2.24) is 0 Å². The molecule has 0 radical (unpaired) electrons. The molecule has 0 aliphatic carbocycles. The van der Waals surface area contributed by atoms with Crippen LogP contribution in [-0.4, -0.2) is 103 Å². The van der Waals surface area contributed by atoms with Crippen LogP contribution in [0, 0.1) is 0 Å². The predicted molar refractivity (Wildman–Crippen MR) is 106 cm³/mol. The van der Waals surface area contributed by atoms with E-state index in [1.807, 2.05) is 0 Å². The van der Waals surface area contributed by atoms with E-state index in [0.29, 0.717) is 0 Å². The average Bonchev–Trinajstić information content (AvgIpc) is 2.78. The molecule has 0 atom stereocenters. The number of cyclic esters (lactones) is 4. The minimum absolute atomic E-state index is 0.0594. The number of carbonyl (C=O) groups excluding carboxylic acids is 4. The van der Waals surface area contributed by atoms with Gasteiger partial charge in [0, 0.05) is 0 Å². The third-order valence-electron chi connectivity index (χ3n) is 3.77. The Labute approximate surface area is 186 Å². The van der Waals surface area contributed by atoms with Crippen LogP contribution >= 0.6 is 0 Å². The number of ether oxygens (including phenoxy) is 8. The molecule has 0 unspecified atom stereocenters. The molecular weight excluding hydrogens is 432 g/mol. The van der Waals surface area contributed by atoms with Crippen molar-refractivity contribution in [1.29, 1.82) is 0 Å². The van der Waals surface area contributed by atoms with Crippen molar-refractivity contribution >= 4 is 23.9 Å². The van der Waals surface area contributed by atoms with Gasteiger partial charge in [-0.2, -0.15) is 0 Å². The van der Waals surface area contributed by atoms with Gasteiger partial charge in [-0.15, -0.1) is 0 Å². The maximum absolute atomic E-state index is 11.6. The lowest BCUT2D eigenvalue weighted by molar-refractivity contribution is -0.152. The zero-order valence-corrected chi connectivity index (χ0v) is 18.2. The van der Waals surface area contributed by atoms with Crippen LogP contribution in [0.5, 0.6) is 0 Å². The van der Waals surface area contributed by atoms with Crippen molar-refractivity contribution in [3.8, 4) is 0 Å². The van der Waals surface area contributed by atoms with Gasteiger partial charge in [-0.1, -0.05) is 0 Å². The highest BCUT2D eigenvalue weighted by atomic mass is 16.6. The Morgan fingerprint density at radius 2 is 0.500 bits per heavy atom. The van der Waals surface area contributed by atoms with Gasteiger partial charge in [-0.25, -0.2) is 0 Å². The molecule has 0 N–H and O–H groups in total. The van der Waals surface area contributed by atoms with Gasteiger partial charge in [0.15, 0.2) is 0 Å². The Morgan fingerprint density at radius 1 is 0.312 bits per heavy atom. The average molecular weight is 464 g/mol. The van der Waals surface area contributed by atoms with Gasteiger partial charge in [0.1, 0.15) is 26.4 Å². The molecule has 12 heteroatoms. The van der Waals surface area contributed by atoms with Crippen molar-refractivity contribution in [3.05, 3.63) is 0 Å². The van der Waals surface area contributed by atoms with Crippen LogP contribution < -0.4 is 0 Å². The molecule has 0 spiro atoms. The van der Waals surface area contributed by atoms with Crippen LogP contribution in [0.25, 0.3) is 0 Å². The summed E-state index contributed by atoms with van der Waals surface area (Å²) in [6, 6.07) is 0. The molecule has 0 saturated carbocycles. The van der Waals surface area contributed by atoms with E-state index in [9.17, 15) is 19.2 Å². The standard InChI is InChI=1S/C20H32O12/c21-17-1-2-18(22)30-14-10-26-7-8-28-12-16-32-20(24)4-3-19(23)31-15-11-27-6-5-25-9-13-29-17/h1-16H2. The van der Waals surface area contributed by atoms with Gasteiger partial charge >= 0.3 is 23.9 Å². The Hall–Kier alpha value is -2.28. The maximum atomic E-state index is 11.6. The summed E-state index contributed by atoms with van der Waals surface area (Å²) in [5, 5.41) is 0. The normalized spacial score (nSPS) is 21.8. The van der Waals surface area contributed by atoms with E-state index in [1.165, 1.54) is 0 Å². The van der Waals surface area contributed by atoms with Gasteiger partial charge < -0.3 is 37.9 Å². The van der Waals surface area contributed by atoms with Gasteiger partial charge in [0.2, 0.25) is 0 Å². The second kappa shape index (κ2) is 19.4. The molecule has 0 aromatic heterocycles. The molecule has 0 amide bonds. The molecular formula is C20H32O12. The largest absolute Gasteiger partial charge is 0.463 e. The van der Waals surface area contributed by atoms with E-state index in [4.69, 9.17) is 37.9 Å². The second-order valence-electron chi connectivity index (χ2n) is 6.33. The monoisotopic (exact) mass is 464 g/mol. The van der Waals surface area contributed by atoms with E-state index >= 15 is 0 Å². The third-order valence-corrected chi connectivity index (χ3v) is 3.77. The Bertz CT molecular complexity index is 455. The van der Waals surface area contributed by atoms with Gasteiger partial charge in [-0.3, -0.25) is 19.2 Å². The summed E-state index contributed by atoms with van der Waals surface area (Å²) in [7, 11) is 0. The number of carbonyl (C=O) groups is 4. The molecule has 0 bridgehead atoms. The Morgan fingerprint density at radius 3 is 0.719 bits per heavy atom. The van der Waals surface area contributed by atoms with Crippen LogP contribution in [0.1, 0.15) is 25.7 Å². The van der Waals surface area contributed by atoms with E-state index in [-0.39, 0.29) is 105 Å². The van der Waals surface area contributed by atoms with E-state index in [0.717, 1.165) is 0 Å². The molecule has 0 aromatic rings. The topological polar surface area (TPSA) is 142 Å². The zero-order chi connectivity index (χ0) is 23.3. The first-order valence-electron chi connectivity index (χ1n) is 10.5. The quantitative estimate of drug-likeness (QED) is 0.346. The van der Waals surface area contributed by atoms with E-state index in [2.05, 4.69) is 0 Å². The highest BCUT2D eigenvalue weighted by molar-refractivity contribution is 5.78. The van der Waals surface area contributed by atoms with Crippen molar-refractivity contribution in [2.75, 3.05) is 79.3 Å². The number of hydrogen-bond acceptors (Lipinski definition) is 12. The van der Waals surface area contributed by atoms with Gasteiger partial charge in [0.25, 0.3) is 0 Å². The fourth-order valence-electron chi connectivity index (χ4n) is 2.20. The summed E-state index contributed by atoms with van der Waals surface area (Å²) in [5.74, 6) is -2.07. The second-order valence-corrected chi connectivity index (χ2v) is 6.33. The molecule has 12 nitrogen and oxygen atoms in total. The Balaban J connectivity index is 2.26. The summed E-state index contributed by atoms with van der Waals surface area (Å²) in [5.41, 5.74) is 0.